The number of fused-ring (bicyclic) bond motifs is 2. The van der Waals surface area contributed by atoms with Crippen LogP contribution in [0, 0.1) is 0 Å². The van der Waals surface area contributed by atoms with Crippen LogP contribution in [0.5, 0.6) is 11.5 Å². The number of methoxy groups -OCH3 is 1. The highest BCUT2D eigenvalue weighted by Gasteiger charge is 2.31. The van der Waals surface area contributed by atoms with Crippen LogP contribution in [0.2, 0.25) is 0 Å². The Labute approximate surface area is 124 Å². The number of ether oxygens (including phenoxy) is 1. The van der Waals surface area contributed by atoms with Gasteiger partial charge in [-0.15, -0.1) is 0 Å². The zero-order chi connectivity index (χ0) is 14.4. The smallest absolute Gasteiger partial charge is 0.162 e. The topological polar surface area (TPSA) is 41.5 Å². The highest BCUT2D eigenvalue weighted by Crippen LogP contribution is 2.44. The first-order valence-corrected chi connectivity index (χ1v) is 7.49. The van der Waals surface area contributed by atoms with Gasteiger partial charge in [-0.05, 0) is 41.2 Å². The van der Waals surface area contributed by atoms with Gasteiger partial charge in [-0.1, -0.05) is 24.3 Å². The van der Waals surface area contributed by atoms with Crippen LogP contribution < -0.4 is 10.1 Å². The van der Waals surface area contributed by atoms with Gasteiger partial charge < -0.3 is 15.2 Å². The van der Waals surface area contributed by atoms with Crippen LogP contribution in [-0.2, 0) is 19.4 Å². The molecule has 4 rings (SSSR count). The van der Waals surface area contributed by atoms with E-state index in [1.807, 2.05) is 6.07 Å². The minimum atomic E-state index is 0.299. The van der Waals surface area contributed by atoms with Crippen molar-refractivity contribution in [3.63, 3.8) is 0 Å². The maximum atomic E-state index is 10.5. The molecular formula is C18H19NO2. The van der Waals surface area contributed by atoms with E-state index in [0.29, 0.717) is 24.0 Å². The Morgan fingerprint density at radius 2 is 2.00 bits per heavy atom. The first-order valence-electron chi connectivity index (χ1n) is 7.49. The van der Waals surface area contributed by atoms with E-state index in [0.717, 1.165) is 24.9 Å². The summed E-state index contributed by atoms with van der Waals surface area (Å²) in [5.74, 6) is 1.23. The molecule has 108 valence electrons. The van der Waals surface area contributed by atoms with Gasteiger partial charge in [-0.3, -0.25) is 0 Å². The van der Waals surface area contributed by atoms with Crippen molar-refractivity contribution < 1.29 is 9.84 Å². The number of aromatic hydroxyl groups is 1. The van der Waals surface area contributed by atoms with Crippen LogP contribution in [-0.4, -0.2) is 18.8 Å². The van der Waals surface area contributed by atoms with E-state index in [1.165, 1.54) is 22.3 Å². The van der Waals surface area contributed by atoms with Crippen LogP contribution in [0.4, 0.5) is 0 Å². The van der Waals surface area contributed by atoms with Gasteiger partial charge in [-0.25, -0.2) is 0 Å². The minimum Gasteiger partial charge on any atom is -0.504 e. The lowest BCUT2D eigenvalue weighted by molar-refractivity contribution is 0.366. The quantitative estimate of drug-likeness (QED) is 0.844. The molecule has 0 amide bonds. The summed E-state index contributed by atoms with van der Waals surface area (Å²) in [7, 11) is 1.62. The maximum Gasteiger partial charge on any atom is 0.162 e. The summed E-state index contributed by atoms with van der Waals surface area (Å²) in [4.78, 5) is 0. The summed E-state index contributed by atoms with van der Waals surface area (Å²) in [6.45, 7) is 1.65. The number of benzene rings is 2. The standard InChI is InChI=1S/C18H19NO2/c1-21-16-8-12-7-6-11-4-2-3-5-13(11)14-9-19-10-15(17(12)14)18(16)20/h2-5,8,14,19-20H,6-7,9-10H2,1H3. The SMILES string of the molecule is COc1cc2c3c(c1O)CNCC3c1ccccc1CC2. The molecule has 0 saturated carbocycles. The number of nitrogens with one attached hydrogen (secondary N) is 1. The van der Waals surface area contributed by atoms with E-state index in [-0.39, 0.29) is 0 Å². The third-order valence-electron chi connectivity index (χ3n) is 4.81. The van der Waals surface area contributed by atoms with Gasteiger partial charge in [0.2, 0.25) is 0 Å². The lowest BCUT2D eigenvalue weighted by Gasteiger charge is -2.29. The molecule has 1 aliphatic heterocycles. The lowest BCUT2D eigenvalue weighted by atomic mass is 9.82. The Bertz CT molecular complexity index is 709. The van der Waals surface area contributed by atoms with Crippen molar-refractivity contribution in [2.45, 2.75) is 25.3 Å². The van der Waals surface area contributed by atoms with Crippen molar-refractivity contribution in [3.05, 3.63) is 58.1 Å². The molecule has 0 aromatic heterocycles. The Morgan fingerprint density at radius 1 is 1.19 bits per heavy atom. The molecule has 2 N–H and O–H groups in total. The molecule has 2 aromatic carbocycles. The van der Waals surface area contributed by atoms with Gasteiger partial charge in [0.15, 0.2) is 11.5 Å². The molecule has 1 unspecified atom stereocenters. The second-order valence-electron chi connectivity index (χ2n) is 5.86. The second-order valence-corrected chi connectivity index (χ2v) is 5.86. The molecule has 0 bridgehead atoms. The van der Waals surface area contributed by atoms with Crippen molar-refractivity contribution >= 4 is 0 Å². The van der Waals surface area contributed by atoms with Crippen LogP contribution >= 0.6 is 0 Å². The summed E-state index contributed by atoms with van der Waals surface area (Å²) < 4.78 is 5.35. The fraction of sp³-hybridized carbons (Fsp3) is 0.333. The van der Waals surface area contributed by atoms with Crippen molar-refractivity contribution in [1.29, 1.82) is 0 Å². The number of aryl methyl sites for hydroxylation is 2. The number of phenolic OH excluding ortho intramolecular Hbond substituents is 1. The van der Waals surface area contributed by atoms with E-state index < -0.39 is 0 Å². The monoisotopic (exact) mass is 281 g/mol. The first kappa shape index (κ1) is 12.7. The molecule has 1 atom stereocenters. The van der Waals surface area contributed by atoms with Gasteiger partial charge in [-0.2, -0.15) is 0 Å². The maximum absolute atomic E-state index is 10.5. The Morgan fingerprint density at radius 3 is 2.86 bits per heavy atom. The normalized spacial score (nSPS) is 19.4. The highest BCUT2D eigenvalue weighted by atomic mass is 16.5. The Kier molecular flexibility index (Phi) is 2.89. The highest BCUT2D eigenvalue weighted by molar-refractivity contribution is 5.59. The lowest BCUT2D eigenvalue weighted by Crippen LogP contribution is -2.29. The number of phenols is 1. The molecule has 3 heteroatoms. The molecule has 1 heterocycles. The second kappa shape index (κ2) is 4.78. The molecule has 2 aliphatic rings. The van der Waals surface area contributed by atoms with Crippen molar-refractivity contribution in [1.82, 2.24) is 5.32 Å². The molecule has 2 aromatic rings. The van der Waals surface area contributed by atoms with Gasteiger partial charge in [0.05, 0.1) is 7.11 Å². The summed E-state index contributed by atoms with van der Waals surface area (Å²) in [6.07, 6.45) is 2.06. The average molecular weight is 281 g/mol. The van der Waals surface area contributed by atoms with Gasteiger partial charge in [0, 0.05) is 24.6 Å². The van der Waals surface area contributed by atoms with Gasteiger partial charge >= 0.3 is 0 Å². The summed E-state index contributed by atoms with van der Waals surface area (Å²) in [5.41, 5.74) is 6.47. The molecule has 0 radical (unpaired) electrons. The molecule has 3 nitrogen and oxygen atoms in total. The molecule has 0 spiro atoms. The minimum absolute atomic E-state index is 0.299. The third-order valence-corrected chi connectivity index (χ3v) is 4.81. The summed E-state index contributed by atoms with van der Waals surface area (Å²) in [6, 6.07) is 10.7. The molecule has 0 fully saturated rings. The van der Waals surface area contributed by atoms with Crippen molar-refractivity contribution in [2.75, 3.05) is 13.7 Å². The third kappa shape index (κ3) is 1.84. The molecule has 21 heavy (non-hydrogen) atoms. The van der Waals surface area contributed by atoms with Crippen LogP contribution in [0.15, 0.2) is 30.3 Å². The van der Waals surface area contributed by atoms with E-state index in [4.69, 9.17) is 4.74 Å². The fourth-order valence-corrected chi connectivity index (χ4v) is 3.83. The molecule has 1 aliphatic carbocycles. The van der Waals surface area contributed by atoms with E-state index in [1.54, 1.807) is 7.11 Å². The predicted molar refractivity (Wildman–Crippen MR) is 82.1 cm³/mol. The first-order chi connectivity index (χ1) is 10.3. The Hall–Kier alpha value is -2.00. The Balaban J connectivity index is 1.98. The number of rotatable bonds is 1. The van der Waals surface area contributed by atoms with Gasteiger partial charge in [0.25, 0.3) is 0 Å². The molecule has 0 saturated heterocycles. The number of hydrogen-bond donors (Lipinski definition) is 2. The fourth-order valence-electron chi connectivity index (χ4n) is 3.83. The summed E-state index contributed by atoms with van der Waals surface area (Å²) in [5, 5.41) is 13.9. The van der Waals surface area contributed by atoms with Crippen LogP contribution in [0.3, 0.4) is 0 Å². The van der Waals surface area contributed by atoms with E-state index in [2.05, 4.69) is 29.6 Å². The van der Waals surface area contributed by atoms with Gasteiger partial charge in [0.1, 0.15) is 0 Å². The molecular weight excluding hydrogens is 262 g/mol. The van der Waals surface area contributed by atoms with E-state index in [9.17, 15) is 5.11 Å². The zero-order valence-electron chi connectivity index (χ0n) is 12.1. The average Bonchev–Trinajstić information content (AvgIpc) is 2.69. The summed E-state index contributed by atoms with van der Waals surface area (Å²) >= 11 is 0. The van der Waals surface area contributed by atoms with E-state index >= 15 is 0 Å². The zero-order valence-corrected chi connectivity index (χ0v) is 12.1. The largest absolute Gasteiger partial charge is 0.504 e. The van der Waals surface area contributed by atoms with Crippen molar-refractivity contribution in [3.8, 4) is 11.5 Å². The van der Waals surface area contributed by atoms with Crippen LogP contribution in [0.25, 0.3) is 0 Å². The van der Waals surface area contributed by atoms with Crippen LogP contribution in [0.1, 0.15) is 33.7 Å². The van der Waals surface area contributed by atoms with Crippen molar-refractivity contribution in [2.24, 2.45) is 0 Å². The predicted octanol–water partition coefficient (Wildman–Crippen LogP) is 2.73. The number of hydrogen-bond acceptors (Lipinski definition) is 3.